The van der Waals surface area contributed by atoms with E-state index in [1.54, 1.807) is 0 Å². The van der Waals surface area contributed by atoms with Gasteiger partial charge in [0.25, 0.3) is 0 Å². The van der Waals surface area contributed by atoms with Crippen molar-refractivity contribution < 1.29 is 49.3 Å². The van der Waals surface area contributed by atoms with Gasteiger partial charge in [0.1, 0.15) is 0 Å². The summed E-state index contributed by atoms with van der Waals surface area (Å²) in [5.74, 6) is 0. The minimum absolute atomic E-state index is 0. The van der Waals surface area contributed by atoms with Gasteiger partial charge in [-0.2, -0.15) is 0 Å². The van der Waals surface area contributed by atoms with E-state index in [1.807, 2.05) is 0 Å². The topological polar surface area (TPSA) is 284 Å². The van der Waals surface area contributed by atoms with Crippen LogP contribution in [0.2, 0.25) is 0 Å². The maximum absolute atomic E-state index is 0. The van der Waals surface area contributed by atoms with Gasteiger partial charge in [-0.05, 0) is 0 Å². The van der Waals surface area contributed by atoms with Gasteiger partial charge in [0.05, 0.1) is 0 Å². The van der Waals surface area contributed by atoms with Crippen molar-refractivity contribution in [3.63, 3.8) is 0 Å². The molecule has 18 N–H and O–H groups in total. The Kier molecular flexibility index (Phi) is 59300000. The molecule has 0 aromatic rings. The van der Waals surface area contributed by atoms with E-state index in [-0.39, 0.29) is 66.6 Å². The molecular weight excluding hydrogens is 171 g/mol. The molecule has 10 heavy (non-hydrogen) atoms. The summed E-state index contributed by atoms with van der Waals surface area (Å²) in [7, 11) is 0. The molecule has 0 aromatic heterocycles. The van der Waals surface area contributed by atoms with Crippen molar-refractivity contribution in [2.45, 2.75) is 0 Å². The van der Waals surface area contributed by atoms with Crippen LogP contribution in [0, 0.1) is 0 Å². The number of hydrogen-bond donors (Lipinski definition) is 0. The second-order valence-corrected chi connectivity index (χ2v) is 0. The molecule has 72 valence electrons. The number of hydrogen-bond acceptors (Lipinski definition) is 0. The molecule has 0 bridgehead atoms. The molecule has 0 aliphatic carbocycles. The second kappa shape index (κ2) is 20600. The first-order valence-corrected chi connectivity index (χ1v) is 0. The van der Waals surface area contributed by atoms with Crippen LogP contribution in [0.15, 0.2) is 0 Å². The van der Waals surface area contributed by atoms with E-state index >= 15 is 0 Å². The molecule has 9 nitrogen and oxygen atoms in total. The smallest absolute Gasteiger partial charge is 0.412 e. The average Bonchev–Trinajstić information content (AvgIpc) is 0. The molecular formula is H18AlO9+3. The molecule has 10 heteroatoms. The molecule has 0 aliphatic rings. The third-order valence-electron chi connectivity index (χ3n) is 0. The molecule has 0 unspecified atom stereocenters. The van der Waals surface area contributed by atoms with Crippen LogP contribution in [-0.2, 0) is 0 Å². The SMILES string of the molecule is O.O.O.O.O.O.O.O.O.[Al+3]. The molecule has 0 heterocycles. The van der Waals surface area contributed by atoms with Crippen molar-refractivity contribution in [3.05, 3.63) is 0 Å². The van der Waals surface area contributed by atoms with Crippen molar-refractivity contribution in [2.24, 2.45) is 0 Å². The van der Waals surface area contributed by atoms with Crippen LogP contribution in [0.1, 0.15) is 0 Å². The van der Waals surface area contributed by atoms with Crippen LogP contribution >= 0.6 is 0 Å². The third-order valence-corrected chi connectivity index (χ3v) is 0. The van der Waals surface area contributed by atoms with Gasteiger partial charge in [-0.1, -0.05) is 0 Å². The molecule has 0 rings (SSSR count). The standard InChI is InChI=1S/Al.9H2O/h;9*1H2/q+3;;;;;;;;;. The van der Waals surface area contributed by atoms with Crippen molar-refractivity contribution >= 4 is 17.4 Å². The monoisotopic (exact) mass is 189 g/mol. The van der Waals surface area contributed by atoms with Crippen molar-refractivity contribution in [3.8, 4) is 0 Å². The molecule has 0 spiro atoms. The van der Waals surface area contributed by atoms with E-state index in [0.717, 1.165) is 0 Å². The first-order chi connectivity index (χ1) is 0. The predicted octanol–water partition coefficient (Wildman–Crippen LogP) is -7.80. The van der Waals surface area contributed by atoms with Crippen molar-refractivity contribution in [1.82, 2.24) is 0 Å². The van der Waals surface area contributed by atoms with Gasteiger partial charge in [0, 0.05) is 0 Å². The summed E-state index contributed by atoms with van der Waals surface area (Å²) in [6.07, 6.45) is 0. The zero-order chi connectivity index (χ0) is 0. The fourth-order valence-electron chi connectivity index (χ4n) is 0. The Balaban J connectivity index is 0. The Morgan fingerprint density at radius 3 is 0.200 bits per heavy atom. The van der Waals surface area contributed by atoms with E-state index in [9.17, 15) is 0 Å². The molecule has 0 aliphatic heterocycles. The Labute approximate surface area is 67.6 Å². The van der Waals surface area contributed by atoms with Gasteiger partial charge < -0.3 is 49.3 Å². The molecule has 0 radical (unpaired) electrons. The summed E-state index contributed by atoms with van der Waals surface area (Å²) in [5.41, 5.74) is 0. The van der Waals surface area contributed by atoms with Gasteiger partial charge in [0.2, 0.25) is 0 Å². The van der Waals surface area contributed by atoms with Gasteiger partial charge >= 0.3 is 17.4 Å². The third kappa shape index (κ3) is 14100. The zero-order valence-corrected chi connectivity index (χ0v) is 6.23. The molecule has 0 fully saturated rings. The maximum Gasteiger partial charge on any atom is 3.00 e. The first kappa shape index (κ1) is 28800. The Morgan fingerprint density at radius 2 is 0.200 bits per heavy atom. The van der Waals surface area contributed by atoms with E-state index in [4.69, 9.17) is 0 Å². The van der Waals surface area contributed by atoms with Crippen LogP contribution in [0.4, 0.5) is 0 Å². The molecule has 0 aromatic carbocycles. The van der Waals surface area contributed by atoms with Crippen LogP contribution in [0.3, 0.4) is 0 Å². The number of rotatable bonds is 0. The van der Waals surface area contributed by atoms with Gasteiger partial charge in [-0.15, -0.1) is 0 Å². The van der Waals surface area contributed by atoms with Gasteiger partial charge in [-0.3, -0.25) is 0 Å². The summed E-state index contributed by atoms with van der Waals surface area (Å²) in [4.78, 5) is 0. The molecule has 0 saturated heterocycles. The fraction of sp³-hybridized carbons (Fsp3) is 0. The fourth-order valence-corrected chi connectivity index (χ4v) is 0. The predicted molar refractivity (Wildman–Crippen MR) is 38.3 cm³/mol. The summed E-state index contributed by atoms with van der Waals surface area (Å²) in [5, 5.41) is 0. The van der Waals surface area contributed by atoms with Crippen LogP contribution in [0.5, 0.6) is 0 Å². The van der Waals surface area contributed by atoms with Crippen LogP contribution in [-0.4, -0.2) is 66.6 Å². The molecule has 0 atom stereocenters. The van der Waals surface area contributed by atoms with Gasteiger partial charge in [-0.25, -0.2) is 0 Å². The van der Waals surface area contributed by atoms with Crippen LogP contribution in [0.25, 0.3) is 0 Å². The quantitative estimate of drug-likeness (QED) is 0.320. The Hall–Kier alpha value is 0.172. The van der Waals surface area contributed by atoms with E-state index < -0.39 is 0 Å². The maximum atomic E-state index is 0. The van der Waals surface area contributed by atoms with Gasteiger partial charge in [0.15, 0.2) is 0 Å². The normalized spacial score (nSPS) is 0. The summed E-state index contributed by atoms with van der Waals surface area (Å²) in [6, 6.07) is 0. The van der Waals surface area contributed by atoms with Crippen molar-refractivity contribution in [2.75, 3.05) is 0 Å². The molecule has 0 saturated carbocycles. The first-order valence-electron chi connectivity index (χ1n) is 0. The minimum atomic E-state index is 0. The summed E-state index contributed by atoms with van der Waals surface area (Å²) in [6.45, 7) is 0. The van der Waals surface area contributed by atoms with E-state index in [2.05, 4.69) is 0 Å². The Bertz CT molecular complexity index is 4.69. The minimum Gasteiger partial charge on any atom is -0.412 e. The summed E-state index contributed by atoms with van der Waals surface area (Å²) >= 11 is 0. The van der Waals surface area contributed by atoms with E-state index in [0.29, 0.717) is 0 Å². The van der Waals surface area contributed by atoms with Crippen LogP contribution < -0.4 is 0 Å². The zero-order valence-electron chi connectivity index (χ0n) is 5.08. The van der Waals surface area contributed by atoms with Crippen molar-refractivity contribution in [1.29, 1.82) is 0 Å². The van der Waals surface area contributed by atoms with E-state index in [1.165, 1.54) is 0 Å². The largest absolute Gasteiger partial charge is 3.00 e. The Morgan fingerprint density at radius 1 is 0.200 bits per heavy atom. The molecule has 0 amide bonds. The average molecular weight is 189 g/mol. The summed E-state index contributed by atoms with van der Waals surface area (Å²) < 4.78 is 0. The second-order valence-electron chi connectivity index (χ2n) is 0.